The predicted octanol–water partition coefficient (Wildman–Crippen LogP) is 3.24. The molecule has 3 heteroatoms. The first-order valence-electron chi connectivity index (χ1n) is 5.40. The Morgan fingerprint density at radius 1 is 1.31 bits per heavy atom. The molecule has 0 bridgehead atoms. The summed E-state index contributed by atoms with van der Waals surface area (Å²) in [6.45, 7) is 2.52. The van der Waals surface area contributed by atoms with E-state index in [-0.39, 0.29) is 0 Å². The molecule has 86 valence electrons. The van der Waals surface area contributed by atoms with Gasteiger partial charge in [-0.3, -0.25) is 0 Å². The first-order chi connectivity index (χ1) is 7.60. The topological polar surface area (TPSA) is 29.5 Å². The SMILES string of the molecule is CC(O)(C1=COCCC1)c1ccc(Cl)cc1. The van der Waals surface area contributed by atoms with Gasteiger partial charge in [0.05, 0.1) is 12.9 Å². The molecule has 0 aromatic heterocycles. The lowest BCUT2D eigenvalue weighted by Crippen LogP contribution is -2.26. The van der Waals surface area contributed by atoms with Crippen molar-refractivity contribution in [3.8, 4) is 0 Å². The van der Waals surface area contributed by atoms with Crippen molar-refractivity contribution in [1.29, 1.82) is 0 Å². The van der Waals surface area contributed by atoms with Gasteiger partial charge in [-0.2, -0.15) is 0 Å². The Morgan fingerprint density at radius 2 is 2.00 bits per heavy atom. The number of ether oxygens (including phenoxy) is 1. The van der Waals surface area contributed by atoms with Gasteiger partial charge in [-0.25, -0.2) is 0 Å². The van der Waals surface area contributed by atoms with Gasteiger partial charge in [-0.05, 0) is 43.0 Å². The van der Waals surface area contributed by atoms with Crippen LogP contribution in [0.1, 0.15) is 25.3 Å². The van der Waals surface area contributed by atoms with Crippen LogP contribution in [0.3, 0.4) is 0 Å². The van der Waals surface area contributed by atoms with Crippen LogP contribution in [-0.4, -0.2) is 11.7 Å². The quantitative estimate of drug-likeness (QED) is 0.857. The molecule has 2 rings (SSSR count). The highest BCUT2D eigenvalue weighted by Crippen LogP contribution is 2.33. The number of rotatable bonds is 2. The average molecular weight is 239 g/mol. The largest absolute Gasteiger partial charge is 0.501 e. The van der Waals surface area contributed by atoms with E-state index in [2.05, 4.69) is 0 Å². The van der Waals surface area contributed by atoms with Crippen molar-refractivity contribution in [2.75, 3.05) is 6.61 Å². The second kappa shape index (κ2) is 4.48. The van der Waals surface area contributed by atoms with E-state index in [4.69, 9.17) is 16.3 Å². The first kappa shape index (κ1) is 11.5. The van der Waals surface area contributed by atoms with Crippen LogP contribution in [0, 0.1) is 0 Å². The summed E-state index contributed by atoms with van der Waals surface area (Å²) < 4.78 is 5.27. The van der Waals surface area contributed by atoms with E-state index in [0.29, 0.717) is 5.02 Å². The average Bonchev–Trinajstić information content (AvgIpc) is 2.31. The molecule has 0 aliphatic carbocycles. The number of halogens is 1. The van der Waals surface area contributed by atoms with Crippen LogP contribution in [0.4, 0.5) is 0 Å². The summed E-state index contributed by atoms with van der Waals surface area (Å²) in [7, 11) is 0. The Balaban J connectivity index is 2.30. The lowest BCUT2D eigenvalue weighted by Gasteiger charge is -2.29. The minimum absolute atomic E-state index is 0.674. The Kier molecular flexibility index (Phi) is 3.22. The van der Waals surface area contributed by atoms with E-state index in [1.165, 1.54) is 0 Å². The standard InChI is InChI=1S/C13H15ClO2/c1-13(15,11-3-2-8-16-9-11)10-4-6-12(14)7-5-10/h4-7,9,15H,2-3,8H2,1H3. The van der Waals surface area contributed by atoms with Gasteiger partial charge in [0, 0.05) is 5.02 Å². The van der Waals surface area contributed by atoms with E-state index < -0.39 is 5.60 Å². The summed E-state index contributed by atoms with van der Waals surface area (Å²) in [5.74, 6) is 0. The van der Waals surface area contributed by atoms with Crippen molar-refractivity contribution in [2.45, 2.75) is 25.4 Å². The summed E-state index contributed by atoms with van der Waals surface area (Å²) in [5.41, 5.74) is 0.792. The second-order valence-electron chi connectivity index (χ2n) is 4.20. The molecule has 2 nitrogen and oxygen atoms in total. The van der Waals surface area contributed by atoms with Crippen molar-refractivity contribution >= 4 is 11.6 Å². The van der Waals surface area contributed by atoms with Crippen molar-refractivity contribution < 1.29 is 9.84 Å². The molecule has 0 radical (unpaired) electrons. The molecule has 1 aromatic carbocycles. The molecule has 0 spiro atoms. The van der Waals surface area contributed by atoms with Crippen LogP contribution in [0.15, 0.2) is 36.1 Å². The minimum atomic E-state index is -0.967. The molecule has 1 atom stereocenters. The van der Waals surface area contributed by atoms with E-state index in [0.717, 1.165) is 30.6 Å². The maximum atomic E-state index is 10.5. The molecule has 0 saturated carbocycles. The summed E-state index contributed by atoms with van der Waals surface area (Å²) >= 11 is 5.83. The third kappa shape index (κ3) is 2.23. The number of benzene rings is 1. The highest BCUT2D eigenvalue weighted by atomic mass is 35.5. The highest BCUT2D eigenvalue weighted by Gasteiger charge is 2.29. The third-order valence-electron chi connectivity index (χ3n) is 2.97. The fourth-order valence-electron chi connectivity index (χ4n) is 1.88. The lowest BCUT2D eigenvalue weighted by atomic mass is 9.85. The van der Waals surface area contributed by atoms with Gasteiger partial charge in [0.2, 0.25) is 0 Å². The van der Waals surface area contributed by atoms with Crippen LogP contribution in [0.2, 0.25) is 5.02 Å². The third-order valence-corrected chi connectivity index (χ3v) is 3.22. The van der Waals surface area contributed by atoms with E-state index in [1.807, 2.05) is 12.1 Å². The van der Waals surface area contributed by atoms with Crippen LogP contribution < -0.4 is 0 Å². The first-order valence-corrected chi connectivity index (χ1v) is 5.78. The van der Waals surface area contributed by atoms with E-state index in [1.54, 1.807) is 25.3 Å². The zero-order chi connectivity index (χ0) is 11.6. The zero-order valence-corrected chi connectivity index (χ0v) is 10.00. The molecule has 1 aliphatic rings. The van der Waals surface area contributed by atoms with Gasteiger partial charge >= 0.3 is 0 Å². The van der Waals surface area contributed by atoms with Crippen molar-refractivity contribution in [3.05, 3.63) is 46.7 Å². The van der Waals surface area contributed by atoms with Gasteiger partial charge in [-0.1, -0.05) is 23.7 Å². The molecule has 1 aliphatic heterocycles. The van der Waals surface area contributed by atoms with Gasteiger partial charge in [0.25, 0.3) is 0 Å². The number of hydrogen-bond acceptors (Lipinski definition) is 2. The summed E-state index contributed by atoms with van der Waals surface area (Å²) in [6, 6.07) is 7.26. The molecule has 1 N–H and O–H groups in total. The fraction of sp³-hybridized carbons (Fsp3) is 0.385. The molecule has 1 heterocycles. The smallest absolute Gasteiger partial charge is 0.111 e. The molecule has 16 heavy (non-hydrogen) atoms. The second-order valence-corrected chi connectivity index (χ2v) is 4.63. The summed E-state index contributed by atoms with van der Waals surface area (Å²) in [4.78, 5) is 0. The van der Waals surface area contributed by atoms with Gasteiger partial charge in [0.15, 0.2) is 0 Å². The van der Waals surface area contributed by atoms with Crippen LogP contribution >= 0.6 is 11.6 Å². The molecule has 1 unspecified atom stereocenters. The Hall–Kier alpha value is -0.990. The number of aliphatic hydroxyl groups is 1. The Morgan fingerprint density at radius 3 is 2.56 bits per heavy atom. The maximum absolute atomic E-state index is 10.5. The summed E-state index contributed by atoms with van der Waals surface area (Å²) in [6.07, 6.45) is 3.50. The van der Waals surface area contributed by atoms with Crippen molar-refractivity contribution in [2.24, 2.45) is 0 Å². The molecule has 0 fully saturated rings. The zero-order valence-electron chi connectivity index (χ0n) is 9.24. The molecular formula is C13H15ClO2. The number of hydrogen-bond donors (Lipinski definition) is 1. The molecule has 0 saturated heterocycles. The molecule has 0 amide bonds. The van der Waals surface area contributed by atoms with Crippen LogP contribution in [-0.2, 0) is 10.3 Å². The van der Waals surface area contributed by atoms with Crippen molar-refractivity contribution in [1.82, 2.24) is 0 Å². The summed E-state index contributed by atoms with van der Waals surface area (Å²) in [5, 5.41) is 11.2. The predicted molar refractivity (Wildman–Crippen MR) is 64.3 cm³/mol. The normalized spacial score (nSPS) is 19.6. The Bertz CT molecular complexity index is 393. The van der Waals surface area contributed by atoms with E-state index in [9.17, 15) is 5.11 Å². The maximum Gasteiger partial charge on any atom is 0.111 e. The van der Waals surface area contributed by atoms with Gasteiger partial charge < -0.3 is 9.84 Å². The van der Waals surface area contributed by atoms with Crippen molar-refractivity contribution in [3.63, 3.8) is 0 Å². The van der Waals surface area contributed by atoms with Crippen LogP contribution in [0.25, 0.3) is 0 Å². The van der Waals surface area contributed by atoms with Gasteiger partial charge in [-0.15, -0.1) is 0 Å². The molecule has 1 aromatic rings. The van der Waals surface area contributed by atoms with Gasteiger partial charge in [0.1, 0.15) is 5.60 Å². The fourth-order valence-corrected chi connectivity index (χ4v) is 2.01. The lowest BCUT2D eigenvalue weighted by molar-refractivity contribution is 0.0786. The molecular weight excluding hydrogens is 224 g/mol. The Labute approximate surface area is 101 Å². The van der Waals surface area contributed by atoms with E-state index >= 15 is 0 Å². The minimum Gasteiger partial charge on any atom is -0.501 e. The highest BCUT2D eigenvalue weighted by molar-refractivity contribution is 6.30. The monoisotopic (exact) mass is 238 g/mol. The van der Waals surface area contributed by atoms with Crippen LogP contribution in [0.5, 0.6) is 0 Å².